The van der Waals surface area contributed by atoms with Crippen LogP contribution in [-0.4, -0.2) is 98.7 Å². The lowest BCUT2D eigenvalue weighted by atomic mass is 9.84. The molecule has 3 amide bonds. The van der Waals surface area contributed by atoms with E-state index in [0.717, 1.165) is 55.8 Å². The Balaban J connectivity index is 1.19. The van der Waals surface area contributed by atoms with Crippen molar-refractivity contribution in [2.45, 2.75) is 117 Å². The lowest BCUT2D eigenvalue weighted by Gasteiger charge is -2.37. The fraction of sp³-hybridized carbons (Fsp3) is 0.472. The summed E-state index contributed by atoms with van der Waals surface area (Å²) in [5.74, 6) is -2.10. The van der Waals surface area contributed by atoms with E-state index in [1.807, 2.05) is 51.1 Å². The molecule has 2 unspecified atom stereocenters. The Morgan fingerprint density at radius 3 is 2.55 bits per heavy atom. The van der Waals surface area contributed by atoms with Crippen LogP contribution in [0.5, 0.6) is 5.75 Å². The number of aromatic nitrogens is 3. The van der Waals surface area contributed by atoms with E-state index < -0.39 is 41.3 Å². The molecule has 3 N–H and O–H groups in total. The number of cyclic esters (lactones) is 1. The highest BCUT2D eigenvalue weighted by molar-refractivity contribution is 5.96. The third-order valence-corrected chi connectivity index (χ3v) is 13.9. The minimum absolute atomic E-state index is 0.00908. The molecule has 8 rings (SSSR count). The van der Waals surface area contributed by atoms with E-state index in [1.165, 1.54) is 9.91 Å². The number of pyridine rings is 2. The van der Waals surface area contributed by atoms with Crippen molar-refractivity contribution in [3.63, 3.8) is 0 Å². The first kappa shape index (κ1) is 47.4. The second-order valence-electron chi connectivity index (χ2n) is 19.7. The number of phenols is 1. The molecule has 14 heteroatoms. The average molecular weight is 912 g/mol. The van der Waals surface area contributed by atoms with Gasteiger partial charge in [-0.15, -0.1) is 0 Å². The molecule has 354 valence electrons. The average Bonchev–Trinajstić information content (AvgIpc) is 3.62. The summed E-state index contributed by atoms with van der Waals surface area (Å²) in [5.41, 5.74) is 11.7. The third-order valence-electron chi connectivity index (χ3n) is 13.9. The van der Waals surface area contributed by atoms with Crippen molar-refractivity contribution in [1.82, 2.24) is 35.2 Å². The number of hydrogen-bond acceptors (Lipinski definition) is 10. The number of benzene rings is 2. The van der Waals surface area contributed by atoms with Crippen molar-refractivity contribution in [1.29, 1.82) is 0 Å². The van der Waals surface area contributed by atoms with Crippen molar-refractivity contribution < 1.29 is 33.8 Å². The molecule has 0 spiro atoms. The number of hydrazine groups is 1. The monoisotopic (exact) mass is 911 g/mol. The number of esters is 1. The molecule has 0 saturated carbocycles. The molecule has 1 fully saturated rings. The van der Waals surface area contributed by atoms with Gasteiger partial charge >= 0.3 is 5.97 Å². The molecule has 5 aromatic rings. The summed E-state index contributed by atoms with van der Waals surface area (Å²) in [6.45, 7) is 13.2. The van der Waals surface area contributed by atoms with Crippen molar-refractivity contribution >= 4 is 34.6 Å². The molecule has 3 aliphatic rings. The molecular weight excluding hydrogens is 847 g/mol. The Morgan fingerprint density at radius 1 is 1.01 bits per heavy atom. The maximum Gasteiger partial charge on any atom is 0.324 e. The van der Waals surface area contributed by atoms with E-state index in [2.05, 4.69) is 59.3 Å². The molecule has 2 aromatic carbocycles. The molecule has 6 bridgehead atoms. The van der Waals surface area contributed by atoms with E-state index in [4.69, 9.17) is 14.5 Å². The zero-order chi connectivity index (χ0) is 47.7. The summed E-state index contributed by atoms with van der Waals surface area (Å²) < 4.78 is 14.2. The summed E-state index contributed by atoms with van der Waals surface area (Å²) in [7, 11) is 3.34. The first-order valence-electron chi connectivity index (χ1n) is 23.8. The van der Waals surface area contributed by atoms with Crippen LogP contribution in [0.2, 0.25) is 0 Å². The number of likely N-dealkylation sites (N-methyl/N-ethyl adjacent to an activating group) is 1. The second kappa shape index (κ2) is 19.6. The van der Waals surface area contributed by atoms with E-state index >= 15 is 0 Å². The quantitative estimate of drug-likeness (QED) is 0.129. The molecule has 5 heterocycles. The predicted molar refractivity (Wildman–Crippen MR) is 256 cm³/mol. The molecule has 1 aliphatic carbocycles. The number of nitrogens with one attached hydrogen (secondary N) is 2. The van der Waals surface area contributed by atoms with Crippen molar-refractivity contribution in [2.24, 2.45) is 17.3 Å². The number of hydrogen-bond donors (Lipinski definition) is 3. The van der Waals surface area contributed by atoms with Crippen LogP contribution in [0.3, 0.4) is 0 Å². The molecule has 3 aromatic heterocycles. The maximum absolute atomic E-state index is 14.8. The van der Waals surface area contributed by atoms with Crippen LogP contribution in [-0.2, 0) is 60.9 Å². The van der Waals surface area contributed by atoms with Crippen molar-refractivity contribution in [2.75, 3.05) is 27.3 Å². The first-order valence-corrected chi connectivity index (χ1v) is 23.8. The van der Waals surface area contributed by atoms with Gasteiger partial charge in [-0.1, -0.05) is 45.9 Å². The number of aryl methyl sites for hydroxylation is 2. The molecule has 67 heavy (non-hydrogen) atoms. The standard InChI is InChI=1S/C53H65N7O7/c1-9-59-45-19-17-34-28-40(45)41(48(59)39-14-11-21-55-46(39)32(4)66-8)29-53(5,6)30-67-52(65)43-15-12-22-60(57-43)51(64)44(25-33-23-37(34)27-38(61)24-33)56-49(62)47(31(2)3)58(7)50(63)36-16-18-42-35(26-36)13-10-20-54-42/h10-11,13-14,17,19-21,23-24,27-28,31-32,36,43-44,47,57,61H,9,12,15-16,18,22,25-26,29-30H2,1-8H3,(H,56,62)/t32-,36?,43-,44-,47?/m0/s1. The zero-order valence-corrected chi connectivity index (χ0v) is 40.1. The van der Waals surface area contributed by atoms with Crippen molar-refractivity contribution in [3.05, 3.63) is 101 Å². The number of carbonyl (C=O) groups excluding carboxylic acids is 4. The van der Waals surface area contributed by atoms with E-state index in [0.29, 0.717) is 57.2 Å². The molecule has 1 saturated heterocycles. The van der Waals surface area contributed by atoms with Gasteiger partial charge in [-0.25, -0.2) is 5.43 Å². The summed E-state index contributed by atoms with van der Waals surface area (Å²) in [4.78, 5) is 68.3. The van der Waals surface area contributed by atoms with Gasteiger partial charge < -0.3 is 29.4 Å². The second-order valence-corrected chi connectivity index (χ2v) is 19.7. The summed E-state index contributed by atoms with van der Waals surface area (Å²) >= 11 is 0. The minimum atomic E-state index is -1.13. The number of nitrogens with zero attached hydrogens (tertiary/aromatic N) is 5. The number of phenolic OH excluding ortho intramolecular Hbond substituents is 1. The molecule has 14 nitrogen and oxygen atoms in total. The highest BCUT2D eigenvalue weighted by Gasteiger charge is 2.39. The highest BCUT2D eigenvalue weighted by Crippen LogP contribution is 2.42. The summed E-state index contributed by atoms with van der Waals surface area (Å²) in [6.07, 6.45) is 6.68. The Labute approximate surface area is 393 Å². The molecule has 2 aliphatic heterocycles. The van der Waals surface area contributed by atoms with Crippen LogP contribution < -0.4 is 10.7 Å². The number of aromatic hydroxyl groups is 1. The van der Waals surface area contributed by atoms with Gasteiger partial charge in [0.2, 0.25) is 11.8 Å². The van der Waals surface area contributed by atoms with E-state index in [1.54, 1.807) is 38.7 Å². The first-order chi connectivity index (χ1) is 32.1. The molecule has 0 radical (unpaired) electrons. The summed E-state index contributed by atoms with van der Waals surface area (Å²) in [6, 6.07) is 16.7. The zero-order valence-electron chi connectivity index (χ0n) is 40.1. The van der Waals surface area contributed by atoms with Gasteiger partial charge in [0.05, 0.1) is 24.1 Å². The number of amides is 3. The van der Waals surface area contributed by atoms with Crippen LogP contribution in [0.25, 0.3) is 33.3 Å². The van der Waals surface area contributed by atoms with Crippen LogP contribution in [0, 0.1) is 17.3 Å². The van der Waals surface area contributed by atoms with Crippen LogP contribution in [0.4, 0.5) is 0 Å². The van der Waals surface area contributed by atoms with E-state index in [9.17, 15) is 24.3 Å². The van der Waals surface area contributed by atoms with E-state index in [-0.39, 0.29) is 42.6 Å². The SMILES string of the molecule is CCn1c(-c2cccnc2[C@H](C)OC)c2c3cc(ccc31)-c1cc(O)cc(c1)C[C@H](NC(=O)C(C(C)C)N(C)C(=O)C1CCc3ncccc3C1)C(=O)N1CCC[C@H](N1)C(=O)OCC(C)(C)C2. The van der Waals surface area contributed by atoms with Crippen LogP contribution in [0.15, 0.2) is 73.1 Å². The Morgan fingerprint density at radius 2 is 1.79 bits per heavy atom. The van der Waals surface area contributed by atoms with Gasteiger partial charge in [-0.2, -0.15) is 0 Å². The smallest absolute Gasteiger partial charge is 0.324 e. The Kier molecular flexibility index (Phi) is 13.9. The number of ether oxygens (including phenoxy) is 2. The van der Waals surface area contributed by atoms with Crippen LogP contribution >= 0.6 is 0 Å². The third kappa shape index (κ3) is 9.83. The Bertz CT molecular complexity index is 2670. The number of methoxy groups -OCH3 is 1. The topological polar surface area (TPSA) is 168 Å². The minimum Gasteiger partial charge on any atom is -0.508 e. The molecular formula is C53H65N7O7. The lowest BCUT2D eigenvalue weighted by Crippen LogP contribution is -2.62. The van der Waals surface area contributed by atoms with Gasteiger partial charge in [0.15, 0.2) is 0 Å². The van der Waals surface area contributed by atoms with Crippen LogP contribution in [0.1, 0.15) is 95.0 Å². The van der Waals surface area contributed by atoms with Gasteiger partial charge in [0.1, 0.15) is 23.9 Å². The van der Waals surface area contributed by atoms with Gasteiger partial charge in [0.25, 0.3) is 5.91 Å². The van der Waals surface area contributed by atoms with Gasteiger partial charge in [-0.05, 0) is 129 Å². The largest absolute Gasteiger partial charge is 0.508 e. The lowest BCUT2D eigenvalue weighted by molar-refractivity contribution is -0.155. The molecule has 5 atom stereocenters. The van der Waals surface area contributed by atoms with Gasteiger partial charge in [-0.3, -0.25) is 34.2 Å². The van der Waals surface area contributed by atoms with Crippen molar-refractivity contribution in [3.8, 4) is 28.1 Å². The van der Waals surface area contributed by atoms with Gasteiger partial charge in [0, 0.05) is 79.6 Å². The maximum atomic E-state index is 14.8. The highest BCUT2D eigenvalue weighted by atomic mass is 16.5. The fourth-order valence-corrected chi connectivity index (χ4v) is 10.4. The number of fused-ring (bicyclic) bond motifs is 7. The normalized spacial score (nSPS) is 20.7. The predicted octanol–water partition coefficient (Wildman–Crippen LogP) is 7.13. The number of rotatable bonds is 9. The summed E-state index contributed by atoms with van der Waals surface area (Å²) in [5, 5.41) is 16.8. The Hall–Kier alpha value is -6.12. The number of carbonyl (C=O) groups is 4. The fourth-order valence-electron chi connectivity index (χ4n) is 10.4.